The summed E-state index contributed by atoms with van der Waals surface area (Å²) < 4.78 is 73.0. The molecule has 57 heavy (non-hydrogen) atoms. The van der Waals surface area contributed by atoms with Gasteiger partial charge in [-0.05, 0) is 104 Å². The van der Waals surface area contributed by atoms with Gasteiger partial charge in [-0.2, -0.15) is 9.80 Å². The van der Waals surface area contributed by atoms with Crippen LogP contribution in [0.4, 0.5) is 32.3 Å². The number of imide groups is 2. The maximum absolute atomic E-state index is 14.3. The molecule has 0 N–H and O–H groups in total. The van der Waals surface area contributed by atoms with E-state index in [1.54, 1.807) is 55.4 Å². The van der Waals surface area contributed by atoms with Crippen molar-refractivity contribution < 1.29 is 75.3 Å². The molecule has 0 spiro atoms. The van der Waals surface area contributed by atoms with Gasteiger partial charge in [0.05, 0.1) is 24.2 Å². The number of allylic oxidation sites excluding steroid dienone is 3. The first-order chi connectivity index (χ1) is 25.6. The number of hydrogen-bond acceptors (Lipinski definition) is 14. The third-order valence-corrected chi connectivity index (χ3v) is 5.86. The molecule has 0 rings (SSSR count). The molecular formula is C37H60F3N3O14. The quantitative estimate of drug-likeness (QED) is 0.0563. The van der Waals surface area contributed by atoms with Crippen LogP contribution in [0, 0.1) is 10.1 Å². The van der Waals surface area contributed by atoms with Crippen molar-refractivity contribution in [1.29, 1.82) is 0 Å². The molecule has 0 saturated heterocycles. The molecule has 0 aromatic heterocycles. The Hall–Kier alpha value is -4.91. The monoisotopic (exact) mass is 827 g/mol. The Kier molecular flexibility index (Phi) is 21.6. The third-order valence-electron chi connectivity index (χ3n) is 5.86. The standard InChI is InChI=1S/C19H32FNO6.C18H28F2N2O8/c1-9-11-13(20)12-14(15(22)25-10-2)21(16(23)26-18(3,4)5)17(24)27-19(6,7)8;1-8-28-13(23)12(11-18(19,20)9-10-21(26)27)22(14(24)29-16(2,3)4)15(25)30-17(5,6)7/h9,11,13-14H,10,12H2,1-8H3;9-10,12H,8,11H2,1-7H3/b11-9+;10-9+/t13?,14-;12-/m00/s1. The van der Waals surface area contributed by atoms with Crippen LogP contribution in [0.2, 0.25) is 0 Å². The van der Waals surface area contributed by atoms with Gasteiger partial charge in [0, 0.05) is 12.8 Å². The molecule has 0 heterocycles. The van der Waals surface area contributed by atoms with E-state index >= 15 is 0 Å². The van der Waals surface area contributed by atoms with Crippen LogP contribution in [0.5, 0.6) is 0 Å². The van der Waals surface area contributed by atoms with Crippen molar-refractivity contribution in [2.45, 2.75) is 163 Å². The molecule has 0 aliphatic heterocycles. The highest BCUT2D eigenvalue weighted by Crippen LogP contribution is 2.28. The predicted octanol–water partition coefficient (Wildman–Crippen LogP) is 8.30. The number of alkyl halides is 3. The molecule has 0 saturated carbocycles. The summed E-state index contributed by atoms with van der Waals surface area (Å²) in [6.45, 7) is 22.8. The fourth-order valence-corrected chi connectivity index (χ4v) is 3.96. The van der Waals surface area contributed by atoms with Gasteiger partial charge in [0.25, 0.3) is 5.92 Å². The van der Waals surface area contributed by atoms with E-state index in [1.165, 1.54) is 60.6 Å². The van der Waals surface area contributed by atoms with Crippen molar-refractivity contribution in [3.05, 3.63) is 34.5 Å². The second-order valence-corrected chi connectivity index (χ2v) is 16.0. The lowest BCUT2D eigenvalue weighted by Crippen LogP contribution is -2.54. The molecule has 1 unspecified atom stereocenters. The van der Waals surface area contributed by atoms with Crippen LogP contribution in [0.15, 0.2) is 24.4 Å². The van der Waals surface area contributed by atoms with Crippen LogP contribution in [0.1, 0.15) is 117 Å². The zero-order chi connectivity index (χ0) is 45.3. The Morgan fingerprint density at radius 2 is 0.965 bits per heavy atom. The van der Waals surface area contributed by atoms with Crippen molar-refractivity contribution in [3.8, 4) is 0 Å². The Morgan fingerprint density at radius 1 is 0.649 bits per heavy atom. The van der Waals surface area contributed by atoms with E-state index in [9.17, 15) is 52.1 Å². The van der Waals surface area contributed by atoms with Crippen molar-refractivity contribution in [3.63, 3.8) is 0 Å². The summed E-state index contributed by atoms with van der Waals surface area (Å²) in [5, 5.41) is 10.4. The third kappa shape index (κ3) is 24.4. The molecular weight excluding hydrogens is 767 g/mol. The highest BCUT2D eigenvalue weighted by Gasteiger charge is 2.46. The van der Waals surface area contributed by atoms with Gasteiger partial charge >= 0.3 is 36.3 Å². The van der Waals surface area contributed by atoms with Crippen LogP contribution in [-0.2, 0) is 38.0 Å². The summed E-state index contributed by atoms with van der Waals surface area (Å²) in [6.07, 6.45) is -5.94. The number of rotatable bonds is 13. The maximum Gasteiger partial charge on any atom is 0.420 e. The number of carbonyl (C=O) groups is 6. The lowest BCUT2D eigenvalue weighted by atomic mass is 10.1. The first-order valence-electron chi connectivity index (χ1n) is 17.9. The Balaban J connectivity index is 0. The molecule has 0 bridgehead atoms. The van der Waals surface area contributed by atoms with Crippen molar-refractivity contribution in [2.24, 2.45) is 0 Å². The van der Waals surface area contributed by atoms with Crippen LogP contribution < -0.4 is 0 Å². The maximum atomic E-state index is 14.3. The first-order valence-corrected chi connectivity index (χ1v) is 17.9. The van der Waals surface area contributed by atoms with Crippen LogP contribution >= 0.6 is 0 Å². The number of esters is 2. The number of hydrogen-bond donors (Lipinski definition) is 0. The van der Waals surface area contributed by atoms with Gasteiger partial charge in [0.2, 0.25) is 6.20 Å². The molecule has 0 aliphatic rings. The topological polar surface area (TPSA) is 207 Å². The average Bonchev–Trinajstić information content (AvgIpc) is 2.96. The van der Waals surface area contributed by atoms with Gasteiger partial charge < -0.3 is 28.4 Å². The van der Waals surface area contributed by atoms with Crippen LogP contribution in [-0.4, -0.2) is 111 Å². The zero-order valence-corrected chi connectivity index (χ0v) is 35.6. The minimum absolute atomic E-state index is 0.00633. The van der Waals surface area contributed by atoms with Gasteiger partial charge in [-0.25, -0.2) is 41.9 Å². The first kappa shape index (κ1) is 54.2. The van der Waals surface area contributed by atoms with E-state index in [-0.39, 0.29) is 30.4 Å². The smallest absolute Gasteiger partial charge is 0.420 e. The number of halogens is 3. The number of ether oxygens (including phenoxy) is 6. The summed E-state index contributed by atoms with van der Waals surface area (Å²) in [4.78, 5) is 85.1. The van der Waals surface area contributed by atoms with Gasteiger partial charge in [0.15, 0.2) is 0 Å². The number of amides is 4. The molecule has 0 aliphatic carbocycles. The summed E-state index contributed by atoms with van der Waals surface area (Å²) in [7, 11) is 0. The minimum Gasteiger partial charge on any atom is -0.464 e. The summed E-state index contributed by atoms with van der Waals surface area (Å²) in [6, 6.07) is -3.69. The predicted molar refractivity (Wildman–Crippen MR) is 199 cm³/mol. The molecule has 17 nitrogen and oxygen atoms in total. The summed E-state index contributed by atoms with van der Waals surface area (Å²) in [5.74, 6) is -6.18. The Labute approximate surface area is 332 Å². The van der Waals surface area contributed by atoms with E-state index in [0.29, 0.717) is 4.90 Å². The fourth-order valence-electron chi connectivity index (χ4n) is 3.96. The second kappa shape index (κ2) is 22.7. The van der Waals surface area contributed by atoms with E-state index in [1.807, 2.05) is 0 Å². The molecule has 4 amide bonds. The zero-order valence-electron chi connectivity index (χ0n) is 35.6. The van der Waals surface area contributed by atoms with Crippen LogP contribution in [0.25, 0.3) is 0 Å². The molecule has 328 valence electrons. The van der Waals surface area contributed by atoms with Crippen LogP contribution in [0.3, 0.4) is 0 Å². The average molecular weight is 828 g/mol. The number of nitro groups is 1. The SMILES string of the molecule is C/C=C/C(F)C[C@@H](C(=O)OCC)N(C(=O)OC(C)(C)C)C(=O)OC(C)(C)C.CCOC(=O)[C@H](CC(F)(F)/C=C/[N+](=O)[O-])N(C(=O)OC(C)(C)C)C(=O)OC(C)(C)C. The van der Waals surface area contributed by atoms with Gasteiger partial charge in [0.1, 0.15) is 40.7 Å². The summed E-state index contributed by atoms with van der Waals surface area (Å²) in [5.41, 5.74) is -4.14. The Morgan fingerprint density at radius 3 is 1.25 bits per heavy atom. The van der Waals surface area contributed by atoms with Gasteiger partial charge in [-0.3, -0.25) is 10.1 Å². The molecule has 0 fully saturated rings. The minimum atomic E-state index is -3.94. The lowest BCUT2D eigenvalue weighted by Gasteiger charge is -2.33. The van der Waals surface area contributed by atoms with E-state index in [0.717, 1.165) is 0 Å². The largest absolute Gasteiger partial charge is 0.464 e. The molecule has 0 aromatic rings. The lowest BCUT2D eigenvalue weighted by molar-refractivity contribution is -0.403. The molecule has 0 aromatic carbocycles. The number of carbonyl (C=O) groups excluding carboxylic acids is 6. The molecule has 3 atom stereocenters. The van der Waals surface area contributed by atoms with E-state index < -0.39 is 101 Å². The van der Waals surface area contributed by atoms with E-state index in [4.69, 9.17) is 28.4 Å². The van der Waals surface area contributed by atoms with E-state index in [2.05, 4.69) is 0 Å². The normalized spacial score (nSPS) is 13.9. The fraction of sp³-hybridized carbons (Fsp3) is 0.730. The van der Waals surface area contributed by atoms with Crippen molar-refractivity contribution in [2.75, 3.05) is 13.2 Å². The number of nitrogens with zero attached hydrogens (tertiary/aromatic N) is 3. The Bertz CT molecular complexity index is 1390. The molecule has 0 radical (unpaired) electrons. The van der Waals surface area contributed by atoms with Gasteiger partial charge in [-0.15, -0.1) is 0 Å². The highest BCUT2D eigenvalue weighted by atomic mass is 19.3. The highest BCUT2D eigenvalue weighted by molar-refractivity contribution is 5.95. The summed E-state index contributed by atoms with van der Waals surface area (Å²) >= 11 is 0. The van der Waals surface area contributed by atoms with Gasteiger partial charge in [-0.1, -0.05) is 12.2 Å². The molecule has 20 heteroatoms. The van der Waals surface area contributed by atoms with Crippen molar-refractivity contribution >= 4 is 36.3 Å². The second-order valence-electron chi connectivity index (χ2n) is 16.0. The van der Waals surface area contributed by atoms with Crippen molar-refractivity contribution in [1.82, 2.24) is 9.80 Å².